The second kappa shape index (κ2) is 9.77. The summed E-state index contributed by atoms with van der Waals surface area (Å²) in [6.07, 6.45) is 1.81. The summed E-state index contributed by atoms with van der Waals surface area (Å²) in [5.41, 5.74) is 0.767. The number of para-hydroxylation sites is 2. The van der Waals surface area contributed by atoms with Gasteiger partial charge in [0.15, 0.2) is 0 Å². The average molecular weight is 374 g/mol. The molecule has 1 aromatic heterocycles. The number of anilines is 1. The van der Waals surface area contributed by atoms with Crippen molar-refractivity contribution >= 4 is 34.7 Å². The number of carbonyl (C=O) groups is 1. The van der Waals surface area contributed by atoms with E-state index in [1.54, 1.807) is 11.3 Å². The first kappa shape index (κ1) is 18.9. The average Bonchev–Trinajstić information content (AvgIpc) is 3.15. The Hall–Kier alpha value is -2.43. The standard InChI is InChI=1S/C18H19N3O2S2/c1-3-23-16-9-5-4-8-15(16)21-18(24-2)14(11-19)17(22)20-12-13-7-6-10-25-13/h4-10,21H,3,12H2,1-2H3,(H,20,22). The van der Waals surface area contributed by atoms with Crippen LogP contribution in [0.2, 0.25) is 0 Å². The molecule has 2 rings (SSSR count). The Morgan fingerprint density at radius 1 is 1.32 bits per heavy atom. The van der Waals surface area contributed by atoms with Gasteiger partial charge in [0.05, 0.1) is 23.9 Å². The van der Waals surface area contributed by atoms with Crippen molar-refractivity contribution in [2.45, 2.75) is 13.5 Å². The third-order valence-electron chi connectivity index (χ3n) is 3.21. The van der Waals surface area contributed by atoms with Gasteiger partial charge in [0, 0.05) is 4.88 Å². The molecule has 0 saturated heterocycles. The van der Waals surface area contributed by atoms with E-state index in [-0.39, 0.29) is 5.57 Å². The van der Waals surface area contributed by atoms with Crippen LogP contribution in [0.5, 0.6) is 5.75 Å². The summed E-state index contributed by atoms with van der Waals surface area (Å²) in [5, 5.41) is 17.8. The quantitative estimate of drug-likeness (QED) is 0.541. The number of hydrogen-bond acceptors (Lipinski definition) is 6. The molecule has 0 aliphatic rings. The molecule has 0 aliphatic carbocycles. The van der Waals surface area contributed by atoms with Crippen molar-refractivity contribution in [3.8, 4) is 11.8 Å². The molecule has 5 nitrogen and oxygen atoms in total. The van der Waals surface area contributed by atoms with Crippen LogP contribution in [0, 0.1) is 11.3 Å². The maximum atomic E-state index is 12.4. The first-order valence-electron chi connectivity index (χ1n) is 7.67. The van der Waals surface area contributed by atoms with Crippen LogP contribution in [0.1, 0.15) is 11.8 Å². The number of nitrogens with one attached hydrogen (secondary N) is 2. The zero-order valence-electron chi connectivity index (χ0n) is 14.0. The number of hydrogen-bond donors (Lipinski definition) is 2. The van der Waals surface area contributed by atoms with Gasteiger partial charge >= 0.3 is 0 Å². The number of thiophene rings is 1. The first-order chi connectivity index (χ1) is 12.2. The monoisotopic (exact) mass is 373 g/mol. The number of rotatable bonds is 8. The highest BCUT2D eigenvalue weighted by atomic mass is 32.2. The molecule has 7 heteroatoms. The second-order valence-electron chi connectivity index (χ2n) is 4.84. The van der Waals surface area contributed by atoms with Crippen molar-refractivity contribution in [3.05, 3.63) is 57.3 Å². The molecule has 25 heavy (non-hydrogen) atoms. The molecule has 1 aromatic carbocycles. The van der Waals surface area contributed by atoms with Gasteiger partial charge in [0.25, 0.3) is 5.91 Å². The van der Waals surface area contributed by atoms with Crippen molar-refractivity contribution in [2.75, 3.05) is 18.2 Å². The molecule has 0 radical (unpaired) electrons. The Kier molecular flexibility index (Phi) is 7.38. The number of amides is 1. The van der Waals surface area contributed by atoms with E-state index in [1.807, 2.05) is 61.0 Å². The molecule has 1 heterocycles. The summed E-state index contributed by atoms with van der Waals surface area (Å²) < 4.78 is 5.58. The molecule has 0 spiro atoms. The van der Waals surface area contributed by atoms with Gasteiger partial charge < -0.3 is 15.4 Å². The molecule has 0 aliphatic heterocycles. The Labute approximate surface area is 155 Å². The van der Waals surface area contributed by atoms with Gasteiger partial charge in [-0.25, -0.2) is 0 Å². The van der Waals surface area contributed by atoms with Crippen LogP contribution in [0.3, 0.4) is 0 Å². The first-order valence-corrected chi connectivity index (χ1v) is 9.77. The molecule has 2 N–H and O–H groups in total. The lowest BCUT2D eigenvalue weighted by molar-refractivity contribution is -0.117. The normalized spacial score (nSPS) is 11.2. The largest absolute Gasteiger partial charge is 0.492 e. The molecule has 0 bridgehead atoms. The predicted octanol–water partition coefficient (Wildman–Crippen LogP) is 3.97. The summed E-state index contributed by atoms with van der Waals surface area (Å²) >= 11 is 2.87. The summed E-state index contributed by atoms with van der Waals surface area (Å²) in [6, 6.07) is 13.3. The number of thioether (sulfide) groups is 1. The van der Waals surface area contributed by atoms with E-state index < -0.39 is 5.91 Å². The molecule has 0 unspecified atom stereocenters. The zero-order chi connectivity index (χ0) is 18.1. The Balaban J connectivity index is 2.19. The van der Waals surface area contributed by atoms with Crippen LogP contribution in [-0.4, -0.2) is 18.8 Å². The Morgan fingerprint density at radius 2 is 2.12 bits per heavy atom. The van der Waals surface area contributed by atoms with E-state index >= 15 is 0 Å². The summed E-state index contributed by atoms with van der Waals surface area (Å²) in [7, 11) is 0. The predicted molar refractivity (Wildman–Crippen MR) is 104 cm³/mol. The number of carbonyl (C=O) groups excluding carboxylic acids is 1. The Morgan fingerprint density at radius 3 is 2.76 bits per heavy atom. The van der Waals surface area contributed by atoms with Gasteiger partial charge in [0.2, 0.25) is 0 Å². The van der Waals surface area contributed by atoms with Crippen molar-refractivity contribution < 1.29 is 9.53 Å². The molecule has 130 valence electrons. The van der Waals surface area contributed by atoms with Gasteiger partial charge in [-0.1, -0.05) is 18.2 Å². The minimum atomic E-state index is -0.401. The molecule has 1 amide bonds. The number of nitriles is 1. The lowest BCUT2D eigenvalue weighted by Gasteiger charge is -2.14. The smallest absolute Gasteiger partial charge is 0.264 e. The van der Waals surface area contributed by atoms with Crippen LogP contribution in [0.25, 0.3) is 0 Å². The fourth-order valence-corrected chi connectivity index (χ4v) is 3.26. The minimum Gasteiger partial charge on any atom is -0.492 e. The van der Waals surface area contributed by atoms with Gasteiger partial charge in [-0.05, 0) is 36.8 Å². The van der Waals surface area contributed by atoms with Gasteiger partial charge in [0.1, 0.15) is 17.4 Å². The van der Waals surface area contributed by atoms with Crippen molar-refractivity contribution in [1.82, 2.24) is 5.32 Å². The van der Waals surface area contributed by atoms with Gasteiger partial charge in [-0.3, -0.25) is 4.79 Å². The van der Waals surface area contributed by atoms with E-state index in [0.29, 0.717) is 29.6 Å². The zero-order valence-corrected chi connectivity index (χ0v) is 15.7. The van der Waals surface area contributed by atoms with Crippen LogP contribution in [0.15, 0.2) is 52.4 Å². The van der Waals surface area contributed by atoms with E-state index in [2.05, 4.69) is 10.6 Å². The van der Waals surface area contributed by atoms with Crippen molar-refractivity contribution in [2.24, 2.45) is 0 Å². The lowest BCUT2D eigenvalue weighted by atomic mass is 10.2. The lowest BCUT2D eigenvalue weighted by Crippen LogP contribution is -2.25. The number of ether oxygens (including phenoxy) is 1. The number of benzene rings is 1. The topological polar surface area (TPSA) is 74.1 Å². The van der Waals surface area contributed by atoms with Gasteiger partial charge in [-0.15, -0.1) is 23.1 Å². The van der Waals surface area contributed by atoms with E-state index in [1.165, 1.54) is 11.8 Å². The third-order valence-corrected chi connectivity index (χ3v) is 4.80. The van der Waals surface area contributed by atoms with Crippen LogP contribution in [0.4, 0.5) is 5.69 Å². The SMILES string of the molecule is CCOc1ccccc1NC(SC)=C(C#N)C(=O)NCc1cccs1. The summed E-state index contributed by atoms with van der Waals surface area (Å²) in [6.45, 7) is 2.84. The van der Waals surface area contributed by atoms with E-state index in [0.717, 1.165) is 4.88 Å². The molecule has 2 aromatic rings. The molecule has 0 atom stereocenters. The maximum absolute atomic E-state index is 12.4. The minimum absolute atomic E-state index is 0.0513. The fourth-order valence-electron chi connectivity index (χ4n) is 2.06. The highest BCUT2D eigenvalue weighted by Crippen LogP contribution is 2.28. The van der Waals surface area contributed by atoms with Crippen LogP contribution >= 0.6 is 23.1 Å². The molecule has 0 fully saturated rings. The molecular formula is C18H19N3O2S2. The second-order valence-corrected chi connectivity index (χ2v) is 6.69. The van der Waals surface area contributed by atoms with Crippen LogP contribution in [-0.2, 0) is 11.3 Å². The van der Waals surface area contributed by atoms with Crippen LogP contribution < -0.4 is 15.4 Å². The van der Waals surface area contributed by atoms with E-state index in [9.17, 15) is 10.1 Å². The maximum Gasteiger partial charge on any atom is 0.264 e. The van der Waals surface area contributed by atoms with Crippen molar-refractivity contribution in [3.63, 3.8) is 0 Å². The van der Waals surface area contributed by atoms with Gasteiger partial charge in [-0.2, -0.15) is 5.26 Å². The highest BCUT2D eigenvalue weighted by Gasteiger charge is 2.16. The molecule has 0 saturated carbocycles. The summed E-state index contributed by atoms with van der Waals surface area (Å²) in [5.74, 6) is 0.273. The van der Waals surface area contributed by atoms with E-state index in [4.69, 9.17) is 4.74 Å². The molecular weight excluding hydrogens is 354 g/mol. The number of nitrogens with zero attached hydrogens (tertiary/aromatic N) is 1. The fraction of sp³-hybridized carbons (Fsp3) is 0.222. The highest BCUT2D eigenvalue weighted by molar-refractivity contribution is 8.02. The third kappa shape index (κ3) is 5.28. The Bertz CT molecular complexity index is 780. The van der Waals surface area contributed by atoms with Crippen molar-refractivity contribution in [1.29, 1.82) is 5.26 Å². The summed E-state index contributed by atoms with van der Waals surface area (Å²) in [4.78, 5) is 13.4.